The number of nitro groups is 1. The number of phenols is 2. The first-order chi connectivity index (χ1) is 12.0. The van der Waals surface area contributed by atoms with E-state index in [2.05, 4.69) is 4.74 Å². The van der Waals surface area contributed by atoms with Crippen molar-refractivity contribution < 1.29 is 41.9 Å². The SMILES string of the molecule is COC(=O)c1cc(F)cc(F)c1S(=O)(=O)c1cc(O)c(O)c([N+](=O)[O-])c1. The molecule has 2 N–H and O–H groups in total. The quantitative estimate of drug-likeness (QED) is 0.265. The average molecular weight is 389 g/mol. The Morgan fingerprint density at radius 3 is 2.35 bits per heavy atom. The number of phenolic OH excluding ortho intramolecular Hbond substituents is 2. The average Bonchev–Trinajstić information content (AvgIpc) is 2.54. The van der Waals surface area contributed by atoms with E-state index in [1.165, 1.54) is 0 Å². The molecule has 0 saturated carbocycles. The van der Waals surface area contributed by atoms with Crippen molar-refractivity contribution in [3.8, 4) is 11.5 Å². The van der Waals surface area contributed by atoms with E-state index in [-0.39, 0.29) is 6.07 Å². The maximum absolute atomic E-state index is 14.2. The normalized spacial score (nSPS) is 11.2. The monoisotopic (exact) mass is 389 g/mol. The van der Waals surface area contributed by atoms with E-state index in [0.717, 1.165) is 7.11 Å². The summed E-state index contributed by atoms with van der Waals surface area (Å²) in [5, 5.41) is 29.8. The Morgan fingerprint density at radius 2 is 1.81 bits per heavy atom. The summed E-state index contributed by atoms with van der Waals surface area (Å²) >= 11 is 0. The van der Waals surface area contributed by atoms with Crippen molar-refractivity contribution in [3.63, 3.8) is 0 Å². The van der Waals surface area contributed by atoms with Crippen LogP contribution in [-0.4, -0.2) is 36.6 Å². The van der Waals surface area contributed by atoms with Gasteiger partial charge in [-0.15, -0.1) is 0 Å². The molecule has 2 aromatic carbocycles. The molecular formula is C14H9F2NO8S. The van der Waals surface area contributed by atoms with E-state index in [0.29, 0.717) is 18.2 Å². The lowest BCUT2D eigenvalue weighted by atomic mass is 10.2. The molecule has 0 radical (unpaired) electrons. The van der Waals surface area contributed by atoms with Gasteiger partial charge in [0, 0.05) is 18.2 Å². The van der Waals surface area contributed by atoms with Gasteiger partial charge in [0.1, 0.15) is 16.5 Å². The molecule has 2 rings (SSSR count). The minimum Gasteiger partial charge on any atom is -0.504 e. The predicted molar refractivity (Wildman–Crippen MR) is 79.6 cm³/mol. The Bertz CT molecular complexity index is 1040. The lowest BCUT2D eigenvalue weighted by Crippen LogP contribution is -2.14. The van der Waals surface area contributed by atoms with E-state index in [9.17, 15) is 42.3 Å². The number of aromatic hydroxyl groups is 2. The summed E-state index contributed by atoms with van der Waals surface area (Å²) in [4.78, 5) is 19.1. The van der Waals surface area contributed by atoms with Crippen LogP contribution in [0.4, 0.5) is 14.5 Å². The first-order valence-electron chi connectivity index (χ1n) is 6.53. The number of hydrogen-bond acceptors (Lipinski definition) is 8. The Labute approximate surface area is 144 Å². The van der Waals surface area contributed by atoms with Crippen LogP contribution in [-0.2, 0) is 14.6 Å². The number of carbonyl (C=O) groups is 1. The maximum atomic E-state index is 14.2. The summed E-state index contributed by atoms with van der Waals surface area (Å²) in [7, 11) is -4.14. The number of ether oxygens (including phenoxy) is 1. The second-order valence-electron chi connectivity index (χ2n) is 4.83. The summed E-state index contributed by atoms with van der Waals surface area (Å²) in [6.45, 7) is 0. The van der Waals surface area contributed by atoms with Crippen LogP contribution in [0.2, 0.25) is 0 Å². The molecular weight excluding hydrogens is 380 g/mol. The number of methoxy groups -OCH3 is 1. The molecule has 9 nitrogen and oxygen atoms in total. The molecule has 2 aromatic rings. The molecule has 0 unspecified atom stereocenters. The molecule has 0 fully saturated rings. The molecule has 0 amide bonds. The minimum absolute atomic E-state index is 0.188. The van der Waals surface area contributed by atoms with Crippen molar-refractivity contribution >= 4 is 21.5 Å². The van der Waals surface area contributed by atoms with Crippen LogP contribution in [0.15, 0.2) is 34.1 Å². The second-order valence-corrected chi connectivity index (χ2v) is 6.71. The molecule has 26 heavy (non-hydrogen) atoms. The molecule has 0 spiro atoms. The summed E-state index contributed by atoms with van der Waals surface area (Å²) in [5.41, 5.74) is -2.16. The van der Waals surface area contributed by atoms with Gasteiger partial charge in [-0.05, 0) is 6.07 Å². The molecule has 0 aromatic heterocycles. The van der Waals surface area contributed by atoms with Gasteiger partial charge in [0.2, 0.25) is 15.6 Å². The number of hydrogen-bond donors (Lipinski definition) is 2. The number of nitrogens with zero attached hydrogens (tertiary/aromatic N) is 1. The fourth-order valence-electron chi connectivity index (χ4n) is 2.09. The zero-order chi connectivity index (χ0) is 19.8. The molecule has 0 aliphatic rings. The summed E-state index contributed by atoms with van der Waals surface area (Å²) in [6.07, 6.45) is 0. The lowest BCUT2D eigenvalue weighted by Gasteiger charge is -2.11. The zero-order valence-corrected chi connectivity index (χ0v) is 13.6. The predicted octanol–water partition coefficient (Wildman–Crippen LogP) is 1.90. The summed E-state index contributed by atoms with van der Waals surface area (Å²) < 4.78 is 57.1. The molecule has 138 valence electrons. The van der Waals surface area contributed by atoms with Crippen molar-refractivity contribution in [2.24, 2.45) is 0 Å². The highest BCUT2D eigenvalue weighted by Crippen LogP contribution is 2.39. The topological polar surface area (TPSA) is 144 Å². The highest BCUT2D eigenvalue weighted by atomic mass is 32.2. The van der Waals surface area contributed by atoms with E-state index in [1.807, 2.05) is 0 Å². The number of esters is 1. The van der Waals surface area contributed by atoms with Gasteiger partial charge in [-0.3, -0.25) is 10.1 Å². The van der Waals surface area contributed by atoms with Crippen LogP contribution in [0, 0.1) is 21.7 Å². The van der Waals surface area contributed by atoms with Gasteiger partial charge in [-0.25, -0.2) is 22.0 Å². The van der Waals surface area contributed by atoms with Crippen molar-refractivity contribution in [3.05, 3.63) is 51.6 Å². The Morgan fingerprint density at radius 1 is 1.19 bits per heavy atom. The molecule has 0 saturated heterocycles. The van der Waals surface area contributed by atoms with Crippen LogP contribution < -0.4 is 0 Å². The fraction of sp³-hybridized carbons (Fsp3) is 0.0714. The number of nitro benzene ring substituents is 1. The first-order valence-corrected chi connectivity index (χ1v) is 8.01. The molecule has 0 aliphatic heterocycles. The summed E-state index contributed by atoms with van der Waals surface area (Å²) in [6, 6.07) is 1.38. The van der Waals surface area contributed by atoms with Crippen molar-refractivity contribution in [1.29, 1.82) is 0 Å². The lowest BCUT2D eigenvalue weighted by molar-refractivity contribution is -0.386. The third-order valence-electron chi connectivity index (χ3n) is 3.23. The van der Waals surface area contributed by atoms with Crippen molar-refractivity contribution in [1.82, 2.24) is 0 Å². The van der Waals surface area contributed by atoms with Gasteiger partial charge in [0.25, 0.3) is 0 Å². The van der Waals surface area contributed by atoms with Gasteiger partial charge in [-0.2, -0.15) is 0 Å². The number of benzene rings is 2. The van der Waals surface area contributed by atoms with Crippen molar-refractivity contribution in [2.45, 2.75) is 9.79 Å². The third kappa shape index (κ3) is 3.13. The van der Waals surface area contributed by atoms with Crippen LogP contribution in [0.1, 0.15) is 10.4 Å². The Balaban J connectivity index is 2.85. The van der Waals surface area contributed by atoms with Gasteiger partial charge < -0.3 is 14.9 Å². The van der Waals surface area contributed by atoms with E-state index >= 15 is 0 Å². The van der Waals surface area contributed by atoms with E-state index in [1.54, 1.807) is 0 Å². The molecule has 0 bridgehead atoms. The molecule has 12 heteroatoms. The minimum atomic E-state index is -4.99. The highest BCUT2D eigenvalue weighted by Gasteiger charge is 2.33. The number of sulfone groups is 1. The second kappa shape index (κ2) is 6.55. The first kappa shape index (κ1) is 19.1. The van der Waals surface area contributed by atoms with Crippen molar-refractivity contribution in [2.75, 3.05) is 7.11 Å². The maximum Gasteiger partial charge on any atom is 0.339 e. The van der Waals surface area contributed by atoms with Gasteiger partial charge in [0.15, 0.2) is 5.75 Å². The molecule has 0 heterocycles. The Kier molecular flexibility index (Phi) is 4.80. The number of rotatable bonds is 4. The summed E-state index contributed by atoms with van der Waals surface area (Å²) in [5.74, 6) is -6.66. The van der Waals surface area contributed by atoms with Gasteiger partial charge in [0.05, 0.1) is 22.5 Å². The van der Waals surface area contributed by atoms with Crippen LogP contribution in [0.3, 0.4) is 0 Å². The highest BCUT2D eigenvalue weighted by molar-refractivity contribution is 7.91. The van der Waals surface area contributed by atoms with Gasteiger partial charge in [-0.1, -0.05) is 0 Å². The van der Waals surface area contributed by atoms with Crippen LogP contribution in [0.25, 0.3) is 0 Å². The third-order valence-corrected chi connectivity index (χ3v) is 5.04. The van der Waals surface area contributed by atoms with Crippen LogP contribution >= 0.6 is 0 Å². The smallest absolute Gasteiger partial charge is 0.339 e. The molecule has 0 atom stereocenters. The van der Waals surface area contributed by atoms with E-state index < -0.39 is 64.9 Å². The van der Waals surface area contributed by atoms with Gasteiger partial charge >= 0.3 is 11.7 Å². The number of carbonyl (C=O) groups excluding carboxylic acids is 1. The standard InChI is InChI=1S/C14H9F2NO8S/c1-25-14(20)8-2-6(15)3-9(16)13(8)26(23,24)7-4-10(17(21)22)12(19)11(18)5-7/h2-5,18-19H,1H3. The fourth-order valence-corrected chi connectivity index (χ4v) is 3.60. The largest absolute Gasteiger partial charge is 0.504 e. The molecule has 0 aliphatic carbocycles. The van der Waals surface area contributed by atoms with E-state index in [4.69, 9.17) is 0 Å². The van der Waals surface area contributed by atoms with Crippen LogP contribution in [0.5, 0.6) is 11.5 Å². The Hall–Kier alpha value is -3.28. The zero-order valence-electron chi connectivity index (χ0n) is 12.8. The number of halogens is 2.